The van der Waals surface area contributed by atoms with Gasteiger partial charge in [0.2, 0.25) is 0 Å². The highest BCUT2D eigenvalue weighted by molar-refractivity contribution is 6.32. The number of tetrazole rings is 1. The molecule has 1 atom stereocenters. The minimum Gasteiger partial charge on any atom is -0.491 e. The third-order valence-electron chi connectivity index (χ3n) is 5.17. The maximum Gasteiger partial charge on any atom is 0.179 e. The number of halogens is 1. The van der Waals surface area contributed by atoms with Gasteiger partial charge in [-0.15, -0.1) is 5.10 Å². The van der Waals surface area contributed by atoms with E-state index in [1.54, 1.807) is 17.1 Å². The second kappa shape index (κ2) is 9.68. The van der Waals surface area contributed by atoms with Gasteiger partial charge in [-0.05, 0) is 40.8 Å². The van der Waals surface area contributed by atoms with Crippen LogP contribution in [0.2, 0.25) is 5.02 Å². The van der Waals surface area contributed by atoms with E-state index in [4.69, 9.17) is 21.4 Å². The number of hydrogen-bond donors (Lipinski definition) is 1. The SMILES string of the molecule is Cn1nc(C(C)(C)C)cc1C(NCCOc1cccnc1)c1nnnn1-c1ccccc1Cl. The van der Waals surface area contributed by atoms with Crippen LogP contribution in [0, 0.1) is 0 Å². The zero-order valence-corrected chi connectivity index (χ0v) is 19.9. The number of nitrogens with zero attached hydrogens (tertiary/aromatic N) is 7. The fourth-order valence-electron chi connectivity index (χ4n) is 3.42. The Bertz CT molecular complexity index is 1200. The molecule has 0 saturated carbocycles. The average molecular weight is 467 g/mol. The highest BCUT2D eigenvalue weighted by atomic mass is 35.5. The van der Waals surface area contributed by atoms with Crippen molar-refractivity contribution in [3.63, 3.8) is 0 Å². The Labute approximate surface area is 197 Å². The molecular weight excluding hydrogens is 440 g/mol. The molecular formula is C23H27ClN8O. The van der Waals surface area contributed by atoms with Crippen molar-refractivity contribution in [1.29, 1.82) is 0 Å². The number of rotatable bonds is 8. The zero-order valence-electron chi connectivity index (χ0n) is 19.1. The molecule has 1 aromatic carbocycles. The molecule has 0 bridgehead atoms. The molecule has 0 spiro atoms. The van der Waals surface area contributed by atoms with Crippen LogP contribution in [0.15, 0.2) is 54.9 Å². The normalized spacial score (nSPS) is 12.6. The highest BCUT2D eigenvalue weighted by Crippen LogP contribution is 2.28. The van der Waals surface area contributed by atoms with Gasteiger partial charge < -0.3 is 4.74 Å². The molecule has 33 heavy (non-hydrogen) atoms. The van der Waals surface area contributed by atoms with Crippen molar-refractivity contribution in [1.82, 2.24) is 40.3 Å². The summed E-state index contributed by atoms with van der Waals surface area (Å²) in [6.07, 6.45) is 3.40. The lowest BCUT2D eigenvalue weighted by atomic mass is 9.92. The van der Waals surface area contributed by atoms with E-state index in [0.717, 1.165) is 11.4 Å². The molecule has 0 aliphatic heterocycles. The molecule has 0 amide bonds. The van der Waals surface area contributed by atoms with Gasteiger partial charge in [0, 0.05) is 25.2 Å². The number of benzene rings is 1. The number of para-hydroxylation sites is 1. The number of nitrogens with one attached hydrogen (secondary N) is 1. The first-order valence-corrected chi connectivity index (χ1v) is 11.1. The fourth-order valence-corrected chi connectivity index (χ4v) is 3.64. The Morgan fingerprint density at radius 2 is 1.97 bits per heavy atom. The van der Waals surface area contributed by atoms with Crippen molar-refractivity contribution in [3.8, 4) is 11.4 Å². The minimum atomic E-state index is -0.345. The van der Waals surface area contributed by atoms with Crippen LogP contribution in [0.4, 0.5) is 0 Å². The molecule has 172 valence electrons. The van der Waals surface area contributed by atoms with Gasteiger partial charge in [-0.2, -0.15) is 9.78 Å². The van der Waals surface area contributed by atoms with Gasteiger partial charge >= 0.3 is 0 Å². The van der Waals surface area contributed by atoms with Crippen LogP contribution in [-0.4, -0.2) is 48.1 Å². The number of aromatic nitrogens is 7. The van der Waals surface area contributed by atoms with E-state index in [1.165, 1.54) is 0 Å². The highest BCUT2D eigenvalue weighted by Gasteiger charge is 2.28. The first kappa shape index (κ1) is 22.9. The largest absolute Gasteiger partial charge is 0.491 e. The van der Waals surface area contributed by atoms with Crippen LogP contribution in [0.5, 0.6) is 5.75 Å². The quantitative estimate of drug-likeness (QED) is 0.397. The van der Waals surface area contributed by atoms with Gasteiger partial charge in [0.05, 0.1) is 28.3 Å². The van der Waals surface area contributed by atoms with Gasteiger partial charge in [0.1, 0.15) is 18.4 Å². The van der Waals surface area contributed by atoms with Crippen molar-refractivity contribution in [3.05, 3.63) is 77.1 Å². The third kappa shape index (κ3) is 5.20. The van der Waals surface area contributed by atoms with Gasteiger partial charge in [-0.25, -0.2) is 0 Å². The maximum absolute atomic E-state index is 6.45. The molecule has 10 heteroatoms. The monoisotopic (exact) mass is 466 g/mol. The smallest absolute Gasteiger partial charge is 0.179 e. The molecule has 9 nitrogen and oxygen atoms in total. The minimum absolute atomic E-state index is 0.0986. The Hall–Kier alpha value is -3.30. The van der Waals surface area contributed by atoms with E-state index in [2.05, 4.69) is 52.7 Å². The summed E-state index contributed by atoms with van der Waals surface area (Å²) in [5, 5.41) is 21.3. The lowest BCUT2D eigenvalue weighted by molar-refractivity contribution is 0.305. The summed E-state index contributed by atoms with van der Waals surface area (Å²) in [5.74, 6) is 1.32. The van der Waals surface area contributed by atoms with Gasteiger partial charge in [0.25, 0.3) is 0 Å². The molecule has 4 rings (SSSR count). The number of pyridine rings is 1. The number of aryl methyl sites for hydroxylation is 1. The molecule has 3 heterocycles. The van der Waals surface area contributed by atoms with E-state index < -0.39 is 0 Å². The van der Waals surface area contributed by atoms with E-state index >= 15 is 0 Å². The summed E-state index contributed by atoms with van der Waals surface area (Å²) in [6, 6.07) is 12.9. The second-order valence-corrected chi connectivity index (χ2v) is 9.06. The fraction of sp³-hybridized carbons (Fsp3) is 0.348. The Kier molecular flexibility index (Phi) is 6.71. The Morgan fingerprint density at radius 1 is 1.15 bits per heavy atom. The lowest BCUT2D eigenvalue weighted by Crippen LogP contribution is -2.31. The average Bonchev–Trinajstić information content (AvgIpc) is 3.42. The van der Waals surface area contributed by atoms with Crippen LogP contribution in [0.25, 0.3) is 5.69 Å². The van der Waals surface area contributed by atoms with Gasteiger partial charge in [-0.1, -0.05) is 44.5 Å². The zero-order chi connectivity index (χ0) is 23.4. The van der Waals surface area contributed by atoms with E-state index in [9.17, 15) is 0 Å². The predicted octanol–water partition coefficient (Wildman–Crippen LogP) is 3.50. The molecule has 1 unspecified atom stereocenters. The van der Waals surface area contributed by atoms with Crippen LogP contribution >= 0.6 is 11.6 Å². The van der Waals surface area contributed by atoms with Crippen molar-refractivity contribution < 1.29 is 4.74 Å². The predicted molar refractivity (Wildman–Crippen MR) is 126 cm³/mol. The summed E-state index contributed by atoms with van der Waals surface area (Å²) in [5.41, 5.74) is 2.52. The van der Waals surface area contributed by atoms with Crippen molar-refractivity contribution in [2.75, 3.05) is 13.2 Å². The first-order valence-electron chi connectivity index (χ1n) is 10.7. The van der Waals surface area contributed by atoms with Gasteiger partial charge in [-0.3, -0.25) is 15.0 Å². The molecule has 0 fully saturated rings. The second-order valence-electron chi connectivity index (χ2n) is 8.65. The molecule has 0 radical (unpaired) electrons. The standard InChI is InChI=1S/C23H27ClN8O/c1-23(2,3)20-14-19(31(4)28-20)21(26-12-13-33-16-8-7-11-25-15-16)22-27-29-30-32(22)18-10-6-5-9-17(18)24/h5-11,14-15,21,26H,12-13H2,1-4H3. The molecule has 3 aromatic heterocycles. The molecule has 0 aliphatic rings. The van der Waals surface area contributed by atoms with Gasteiger partial charge in [0.15, 0.2) is 5.82 Å². The van der Waals surface area contributed by atoms with Crippen LogP contribution in [0.3, 0.4) is 0 Å². The summed E-state index contributed by atoms with van der Waals surface area (Å²) in [4.78, 5) is 4.08. The first-order chi connectivity index (χ1) is 15.8. The summed E-state index contributed by atoms with van der Waals surface area (Å²) < 4.78 is 9.33. The Morgan fingerprint density at radius 3 is 2.67 bits per heavy atom. The van der Waals surface area contributed by atoms with Crippen LogP contribution in [-0.2, 0) is 12.5 Å². The van der Waals surface area contributed by atoms with Crippen molar-refractivity contribution >= 4 is 11.6 Å². The third-order valence-corrected chi connectivity index (χ3v) is 5.49. The topological polar surface area (TPSA) is 95.6 Å². The molecule has 0 saturated heterocycles. The van der Waals surface area contributed by atoms with Crippen LogP contribution in [0.1, 0.15) is 44.0 Å². The van der Waals surface area contributed by atoms with E-state index in [1.807, 2.05) is 48.1 Å². The van der Waals surface area contributed by atoms with E-state index in [0.29, 0.717) is 35.4 Å². The Balaban J connectivity index is 1.65. The lowest BCUT2D eigenvalue weighted by Gasteiger charge is -2.19. The summed E-state index contributed by atoms with van der Waals surface area (Å²) in [6.45, 7) is 7.40. The number of ether oxygens (including phenoxy) is 1. The van der Waals surface area contributed by atoms with Crippen molar-refractivity contribution in [2.45, 2.75) is 32.2 Å². The van der Waals surface area contributed by atoms with Crippen LogP contribution < -0.4 is 10.1 Å². The summed E-state index contributed by atoms with van der Waals surface area (Å²) >= 11 is 6.45. The molecule has 0 aliphatic carbocycles. The molecule has 4 aromatic rings. The van der Waals surface area contributed by atoms with Crippen molar-refractivity contribution in [2.24, 2.45) is 7.05 Å². The molecule has 1 N–H and O–H groups in total. The summed E-state index contributed by atoms with van der Waals surface area (Å²) in [7, 11) is 1.93. The number of hydrogen-bond acceptors (Lipinski definition) is 7. The van der Waals surface area contributed by atoms with E-state index in [-0.39, 0.29) is 11.5 Å². The maximum atomic E-state index is 6.45.